The third-order valence-electron chi connectivity index (χ3n) is 11.0. The molecule has 3 N–H and O–H groups in total. The number of likely N-dealkylation sites (N-methyl/N-ethyl adjacent to an activating group) is 1. The van der Waals surface area contributed by atoms with Crippen LogP contribution in [0.5, 0.6) is 5.75 Å². The molecule has 42 heavy (non-hydrogen) atoms. The summed E-state index contributed by atoms with van der Waals surface area (Å²) < 4.78 is 0.825. The molecule has 4 atom stereocenters. The zero-order chi connectivity index (χ0) is 29.1. The largest absolute Gasteiger partial charge is 0.507 e. The highest BCUT2D eigenvalue weighted by Crippen LogP contribution is 2.61. The highest BCUT2D eigenvalue weighted by molar-refractivity contribution is 5.98. The molecule has 1 aliphatic heterocycles. The monoisotopic (exact) mass is 565 g/mol. The number of piperidine rings is 1. The van der Waals surface area contributed by atoms with E-state index in [1.165, 1.54) is 18.4 Å². The average Bonchev–Trinajstić information content (AvgIpc) is 3.80. The first kappa shape index (κ1) is 27.4. The van der Waals surface area contributed by atoms with Crippen molar-refractivity contribution in [2.45, 2.75) is 68.4 Å². The van der Waals surface area contributed by atoms with Crippen LogP contribution in [0.4, 0.5) is 0 Å². The average molecular weight is 566 g/mol. The quantitative estimate of drug-likeness (QED) is 0.355. The normalized spacial score (nSPS) is 29.9. The maximum absolute atomic E-state index is 13.4. The molecule has 7 rings (SSSR count). The number of nitrogens with zero attached hydrogens (tertiary/aromatic N) is 1. The van der Waals surface area contributed by atoms with E-state index in [2.05, 4.69) is 48.8 Å². The minimum atomic E-state index is -1.08. The van der Waals surface area contributed by atoms with Crippen molar-refractivity contribution < 1.29 is 24.3 Å². The first-order chi connectivity index (χ1) is 20.2. The summed E-state index contributed by atoms with van der Waals surface area (Å²) in [5, 5.41) is 27.2. The van der Waals surface area contributed by atoms with Gasteiger partial charge in [0, 0.05) is 49.1 Å². The van der Waals surface area contributed by atoms with Crippen molar-refractivity contribution >= 4 is 11.7 Å². The molecule has 1 unspecified atom stereocenters. The van der Waals surface area contributed by atoms with E-state index in [-0.39, 0.29) is 35.5 Å². The van der Waals surface area contributed by atoms with Gasteiger partial charge in [-0.1, -0.05) is 60.7 Å². The van der Waals surface area contributed by atoms with Gasteiger partial charge in [0.05, 0.1) is 25.7 Å². The Labute approximate surface area is 248 Å². The molecule has 1 saturated heterocycles. The molecule has 6 heteroatoms. The summed E-state index contributed by atoms with van der Waals surface area (Å²) in [6.07, 6.45) is 5.51. The maximum Gasteiger partial charge on any atom is 0.255 e. The first-order valence-electron chi connectivity index (χ1n) is 15.6. The molecule has 1 heterocycles. The van der Waals surface area contributed by atoms with Gasteiger partial charge in [0.1, 0.15) is 23.2 Å². The summed E-state index contributed by atoms with van der Waals surface area (Å²) in [6, 6.07) is 22.3. The molecule has 3 fully saturated rings. The molecular formula is C36H41N2O4+. The van der Waals surface area contributed by atoms with Crippen LogP contribution in [0, 0.1) is 5.92 Å². The van der Waals surface area contributed by atoms with E-state index in [0.717, 1.165) is 40.2 Å². The molecule has 2 bridgehead atoms. The molecule has 1 amide bonds. The van der Waals surface area contributed by atoms with Crippen LogP contribution in [0.2, 0.25) is 0 Å². The fourth-order valence-corrected chi connectivity index (χ4v) is 8.62. The highest BCUT2D eigenvalue weighted by atomic mass is 16.3. The van der Waals surface area contributed by atoms with Crippen molar-refractivity contribution in [3.63, 3.8) is 0 Å². The molecule has 4 aliphatic rings. The predicted molar refractivity (Wildman–Crippen MR) is 162 cm³/mol. The lowest BCUT2D eigenvalue weighted by atomic mass is 9.48. The zero-order valence-electron chi connectivity index (χ0n) is 24.4. The molecule has 3 aromatic rings. The molecule has 0 aromatic heterocycles. The SMILES string of the molecule is C[N+]1(CC2CC2)CC[C@]23CC(=O)CC[C@@]2(O)[C@H]1Cc1ccc(C(=O)NCCc2ccc(-c4ccccc4)cc2)c(O)c13. The van der Waals surface area contributed by atoms with Gasteiger partial charge in [-0.25, -0.2) is 0 Å². The Morgan fingerprint density at radius 2 is 1.74 bits per heavy atom. The van der Waals surface area contributed by atoms with Crippen molar-refractivity contribution in [1.29, 1.82) is 0 Å². The number of quaternary nitrogens is 1. The van der Waals surface area contributed by atoms with Crippen molar-refractivity contribution in [3.05, 3.63) is 89.0 Å². The number of carbonyl (C=O) groups is 2. The molecule has 6 nitrogen and oxygen atoms in total. The molecule has 2 saturated carbocycles. The van der Waals surface area contributed by atoms with E-state index in [1.807, 2.05) is 24.3 Å². The van der Waals surface area contributed by atoms with Crippen molar-refractivity contribution in [3.8, 4) is 16.9 Å². The van der Waals surface area contributed by atoms with Crippen LogP contribution in [0.15, 0.2) is 66.7 Å². The van der Waals surface area contributed by atoms with Crippen LogP contribution in [-0.2, 0) is 23.1 Å². The second-order valence-corrected chi connectivity index (χ2v) is 13.6. The van der Waals surface area contributed by atoms with Gasteiger partial charge in [0.25, 0.3) is 5.91 Å². The number of aromatic hydroxyl groups is 1. The minimum Gasteiger partial charge on any atom is -0.507 e. The van der Waals surface area contributed by atoms with Crippen LogP contribution >= 0.6 is 0 Å². The third-order valence-corrected chi connectivity index (χ3v) is 11.0. The van der Waals surface area contributed by atoms with E-state index in [1.54, 1.807) is 6.07 Å². The number of nitrogens with one attached hydrogen (secondary N) is 1. The highest BCUT2D eigenvalue weighted by Gasteiger charge is 2.70. The molecule has 0 radical (unpaired) electrons. The summed E-state index contributed by atoms with van der Waals surface area (Å²) >= 11 is 0. The Morgan fingerprint density at radius 3 is 2.48 bits per heavy atom. The summed E-state index contributed by atoms with van der Waals surface area (Å²) in [4.78, 5) is 26.3. The van der Waals surface area contributed by atoms with Crippen LogP contribution in [0.3, 0.4) is 0 Å². The van der Waals surface area contributed by atoms with Gasteiger partial charge in [0.2, 0.25) is 0 Å². The van der Waals surface area contributed by atoms with Crippen LogP contribution in [0.1, 0.15) is 65.6 Å². The molecular weight excluding hydrogens is 524 g/mol. The summed E-state index contributed by atoms with van der Waals surface area (Å²) in [5.74, 6) is 0.476. The Hall–Kier alpha value is -3.48. The Balaban J connectivity index is 1.12. The third kappa shape index (κ3) is 4.38. The Kier molecular flexibility index (Phi) is 6.55. The van der Waals surface area contributed by atoms with E-state index >= 15 is 0 Å². The van der Waals surface area contributed by atoms with Gasteiger partial charge in [-0.2, -0.15) is 0 Å². The van der Waals surface area contributed by atoms with E-state index in [9.17, 15) is 19.8 Å². The number of hydrogen-bond acceptors (Lipinski definition) is 4. The minimum absolute atomic E-state index is 0.0141. The first-order valence-corrected chi connectivity index (χ1v) is 15.6. The number of hydrogen-bond donors (Lipinski definition) is 3. The number of Topliss-reactive ketones (excluding diaryl/α,β-unsaturated/α-hetero) is 1. The lowest BCUT2D eigenvalue weighted by Gasteiger charge is -2.65. The summed E-state index contributed by atoms with van der Waals surface area (Å²) in [5.41, 5.74) is 3.37. The number of rotatable bonds is 7. The van der Waals surface area contributed by atoms with Gasteiger partial charge in [-0.05, 0) is 54.0 Å². The van der Waals surface area contributed by atoms with Crippen molar-refractivity contribution in [2.75, 3.05) is 26.7 Å². The smallest absolute Gasteiger partial charge is 0.255 e. The zero-order valence-corrected chi connectivity index (χ0v) is 24.4. The summed E-state index contributed by atoms with van der Waals surface area (Å²) in [6.45, 7) is 2.37. The van der Waals surface area contributed by atoms with E-state index in [0.29, 0.717) is 44.2 Å². The molecule has 3 aliphatic carbocycles. The number of phenolic OH excluding ortho intramolecular Hbond substituents is 1. The number of benzene rings is 3. The Bertz CT molecular complexity index is 1530. The van der Waals surface area contributed by atoms with Gasteiger partial charge in [-0.15, -0.1) is 0 Å². The fraction of sp³-hybridized carbons (Fsp3) is 0.444. The van der Waals surface area contributed by atoms with Crippen LogP contribution in [-0.4, -0.2) is 64.7 Å². The van der Waals surface area contributed by atoms with Gasteiger partial charge in [0.15, 0.2) is 0 Å². The molecule has 3 aromatic carbocycles. The number of ketones is 1. The maximum atomic E-state index is 13.4. The lowest BCUT2D eigenvalue weighted by molar-refractivity contribution is -0.950. The van der Waals surface area contributed by atoms with Crippen LogP contribution < -0.4 is 5.32 Å². The predicted octanol–water partition coefficient (Wildman–Crippen LogP) is 4.94. The number of fused-ring (bicyclic) bond motifs is 1. The van der Waals surface area contributed by atoms with Crippen molar-refractivity contribution in [1.82, 2.24) is 5.32 Å². The fourth-order valence-electron chi connectivity index (χ4n) is 8.62. The van der Waals surface area contributed by atoms with Gasteiger partial charge >= 0.3 is 0 Å². The molecule has 218 valence electrons. The van der Waals surface area contributed by atoms with Gasteiger partial charge < -0.3 is 20.0 Å². The van der Waals surface area contributed by atoms with E-state index < -0.39 is 11.0 Å². The second kappa shape index (κ2) is 10.1. The molecule has 0 spiro atoms. The second-order valence-electron chi connectivity index (χ2n) is 13.6. The van der Waals surface area contributed by atoms with Crippen molar-refractivity contribution in [2.24, 2.45) is 5.92 Å². The van der Waals surface area contributed by atoms with E-state index in [4.69, 9.17) is 0 Å². The number of amides is 1. The number of likely N-dealkylation sites (tertiary alicyclic amines) is 1. The number of aliphatic hydroxyl groups is 1. The Morgan fingerprint density at radius 1 is 1.00 bits per heavy atom. The number of carbonyl (C=O) groups excluding carboxylic acids is 2. The standard InChI is InChI=1S/C36H40N2O4/c1-38(23-25-7-8-25)20-18-35-22-29(39)15-17-36(35,42)31(38)21-28-13-14-30(33(40)32(28)35)34(41)37-19-16-24-9-11-27(12-10-24)26-5-3-2-4-6-26/h2-6,9-14,25,31,42H,7-8,15-23H2,1H3,(H-,37,40,41)/p+1/t31-,35-,36-,38?/m1/s1. The number of phenols is 1. The lowest BCUT2D eigenvalue weighted by Crippen LogP contribution is -2.78. The topological polar surface area (TPSA) is 86.6 Å². The summed E-state index contributed by atoms with van der Waals surface area (Å²) in [7, 11) is 2.28. The van der Waals surface area contributed by atoms with Crippen LogP contribution in [0.25, 0.3) is 11.1 Å². The van der Waals surface area contributed by atoms with Gasteiger partial charge in [-0.3, -0.25) is 9.59 Å².